The number of rotatable bonds is 5. The predicted molar refractivity (Wildman–Crippen MR) is 119 cm³/mol. The number of ether oxygens (including phenoxy) is 3. The number of esters is 1. The van der Waals surface area contributed by atoms with Crippen molar-refractivity contribution in [3.8, 4) is 17.2 Å². The van der Waals surface area contributed by atoms with E-state index in [2.05, 4.69) is 10.4 Å². The maximum Gasteiger partial charge on any atom is 0.359 e. The summed E-state index contributed by atoms with van der Waals surface area (Å²) in [6.45, 7) is -0.413. The Morgan fingerprint density at radius 2 is 1.67 bits per heavy atom. The number of fused-ring (bicyclic) bond motifs is 2. The third kappa shape index (κ3) is 3.99. The summed E-state index contributed by atoms with van der Waals surface area (Å²) < 4.78 is 16.9. The molecule has 4 aromatic rings. The van der Waals surface area contributed by atoms with E-state index in [9.17, 15) is 14.4 Å². The Kier molecular flexibility index (Phi) is 5.19. The molecule has 0 aliphatic carbocycles. The van der Waals surface area contributed by atoms with E-state index in [4.69, 9.17) is 14.2 Å². The number of hydrogen-bond donors (Lipinski definition) is 1. The van der Waals surface area contributed by atoms with Gasteiger partial charge in [-0.15, -0.1) is 0 Å². The first-order valence-electron chi connectivity index (χ1n) is 10.0. The SMILES string of the molecule is O=C(COC(=O)c1nn(-c2ccccc2)c(=O)c2ccccc12)Nc1ccc2c(c1)OCO2. The molecule has 0 bridgehead atoms. The lowest BCUT2D eigenvalue weighted by atomic mass is 10.1. The van der Waals surface area contributed by atoms with Gasteiger partial charge in [-0.3, -0.25) is 9.59 Å². The minimum Gasteiger partial charge on any atom is -0.454 e. The Balaban J connectivity index is 1.37. The van der Waals surface area contributed by atoms with Crippen LogP contribution >= 0.6 is 0 Å². The Morgan fingerprint density at radius 3 is 2.48 bits per heavy atom. The lowest BCUT2D eigenvalue weighted by Crippen LogP contribution is -2.26. The smallest absolute Gasteiger partial charge is 0.359 e. The Morgan fingerprint density at radius 1 is 0.939 bits per heavy atom. The molecule has 0 saturated heterocycles. The van der Waals surface area contributed by atoms with Crippen LogP contribution in [0.4, 0.5) is 5.69 Å². The van der Waals surface area contributed by atoms with Crippen LogP contribution in [0.15, 0.2) is 77.6 Å². The average Bonchev–Trinajstić information content (AvgIpc) is 3.31. The number of carbonyl (C=O) groups excluding carboxylic acids is 2. The van der Waals surface area contributed by atoms with Crippen LogP contribution in [0.25, 0.3) is 16.5 Å². The van der Waals surface area contributed by atoms with Crippen LogP contribution in [0.5, 0.6) is 11.5 Å². The summed E-state index contributed by atoms with van der Waals surface area (Å²) in [6, 6.07) is 20.3. The van der Waals surface area contributed by atoms with Crippen molar-refractivity contribution in [1.29, 1.82) is 0 Å². The molecule has 0 radical (unpaired) electrons. The highest BCUT2D eigenvalue weighted by atomic mass is 16.7. The van der Waals surface area contributed by atoms with Crippen molar-refractivity contribution in [3.63, 3.8) is 0 Å². The van der Waals surface area contributed by atoms with Gasteiger partial charge in [-0.05, 0) is 30.3 Å². The van der Waals surface area contributed by atoms with E-state index in [1.807, 2.05) is 6.07 Å². The molecular weight excluding hydrogens is 426 g/mol. The maximum absolute atomic E-state index is 12.9. The summed E-state index contributed by atoms with van der Waals surface area (Å²) >= 11 is 0. The van der Waals surface area contributed by atoms with Crippen LogP contribution in [-0.2, 0) is 9.53 Å². The fourth-order valence-corrected chi connectivity index (χ4v) is 3.46. The Bertz CT molecular complexity index is 1430. The molecule has 0 unspecified atom stereocenters. The monoisotopic (exact) mass is 443 g/mol. The van der Waals surface area contributed by atoms with Crippen molar-refractivity contribution >= 4 is 28.3 Å². The number of benzene rings is 3. The molecule has 0 fully saturated rings. The van der Waals surface area contributed by atoms with Crippen molar-refractivity contribution in [2.45, 2.75) is 0 Å². The summed E-state index contributed by atoms with van der Waals surface area (Å²) in [4.78, 5) is 38.1. The predicted octanol–water partition coefficient (Wildman–Crippen LogP) is 2.91. The number of aromatic nitrogens is 2. The fraction of sp³-hybridized carbons (Fsp3) is 0.0833. The first-order chi connectivity index (χ1) is 16.1. The van der Waals surface area contributed by atoms with Gasteiger partial charge in [0.2, 0.25) is 6.79 Å². The molecule has 1 amide bonds. The van der Waals surface area contributed by atoms with Crippen molar-refractivity contribution in [2.24, 2.45) is 0 Å². The van der Waals surface area contributed by atoms with Crippen LogP contribution in [0.2, 0.25) is 0 Å². The van der Waals surface area contributed by atoms with E-state index in [1.54, 1.807) is 66.7 Å². The second kappa shape index (κ2) is 8.46. The number of amides is 1. The van der Waals surface area contributed by atoms with Gasteiger partial charge in [0.1, 0.15) is 0 Å². The first kappa shape index (κ1) is 20.3. The van der Waals surface area contributed by atoms with Crippen LogP contribution < -0.4 is 20.3 Å². The minimum absolute atomic E-state index is 0.0649. The lowest BCUT2D eigenvalue weighted by Gasteiger charge is -2.11. The molecule has 9 nitrogen and oxygen atoms in total. The molecule has 33 heavy (non-hydrogen) atoms. The van der Waals surface area contributed by atoms with E-state index in [0.29, 0.717) is 33.6 Å². The highest BCUT2D eigenvalue weighted by Crippen LogP contribution is 2.34. The Hall–Kier alpha value is -4.66. The molecule has 0 saturated carbocycles. The summed E-state index contributed by atoms with van der Waals surface area (Å²) in [5.74, 6) is -0.255. The average molecular weight is 443 g/mol. The largest absolute Gasteiger partial charge is 0.454 e. The van der Waals surface area contributed by atoms with Gasteiger partial charge in [0.25, 0.3) is 11.5 Å². The summed E-state index contributed by atoms with van der Waals surface area (Å²) in [6.07, 6.45) is 0. The van der Waals surface area contributed by atoms with Gasteiger partial charge in [0.05, 0.1) is 11.1 Å². The van der Waals surface area contributed by atoms with E-state index in [1.165, 1.54) is 0 Å². The number of nitrogens with one attached hydrogen (secondary N) is 1. The zero-order valence-corrected chi connectivity index (χ0v) is 17.2. The molecule has 1 N–H and O–H groups in total. The molecule has 0 atom stereocenters. The van der Waals surface area contributed by atoms with Gasteiger partial charge in [-0.25, -0.2) is 4.79 Å². The molecule has 0 spiro atoms. The van der Waals surface area contributed by atoms with Crippen LogP contribution in [0.1, 0.15) is 10.5 Å². The first-order valence-corrected chi connectivity index (χ1v) is 10.0. The molecule has 5 rings (SSSR count). The van der Waals surface area contributed by atoms with Crippen LogP contribution in [0, 0.1) is 0 Å². The number of nitrogens with zero attached hydrogens (tertiary/aromatic N) is 2. The molecule has 164 valence electrons. The number of anilines is 1. The lowest BCUT2D eigenvalue weighted by molar-refractivity contribution is -0.119. The molecular formula is C24H17N3O6. The van der Waals surface area contributed by atoms with E-state index in [-0.39, 0.29) is 18.0 Å². The summed E-state index contributed by atoms with van der Waals surface area (Å²) in [7, 11) is 0. The molecule has 1 aromatic heterocycles. The third-order valence-corrected chi connectivity index (χ3v) is 4.99. The van der Waals surface area contributed by atoms with Crippen molar-refractivity contribution in [1.82, 2.24) is 9.78 Å². The molecule has 3 aromatic carbocycles. The van der Waals surface area contributed by atoms with E-state index in [0.717, 1.165) is 4.68 Å². The van der Waals surface area contributed by atoms with E-state index >= 15 is 0 Å². The summed E-state index contributed by atoms with van der Waals surface area (Å²) in [5, 5.41) is 7.53. The standard InChI is InChI=1S/C24H17N3O6/c28-21(25-15-10-11-19-20(12-15)33-14-32-19)13-31-24(30)22-17-8-4-5-9-18(17)23(29)27(26-22)16-6-2-1-3-7-16/h1-12H,13-14H2,(H,25,28). The van der Waals surface area contributed by atoms with Gasteiger partial charge in [-0.1, -0.05) is 36.4 Å². The van der Waals surface area contributed by atoms with Gasteiger partial charge < -0.3 is 19.5 Å². The molecule has 1 aliphatic rings. The molecule has 1 aliphatic heterocycles. The topological polar surface area (TPSA) is 109 Å². The second-order valence-corrected chi connectivity index (χ2v) is 7.14. The number of para-hydroxylation sites is 1. The highest BCUT2D eigenvalue weighted by molar-refractivity contribution is 6.03. The fourth-order valence-electron chi connectivity index (χ4n) is 3.46. The maximum atomic E-state index is 12.9. The summed E-state index contributed by atoms with van der Waals surface area (Å²) in [5.41, 5.74) is 0.545. The van der Waals surface area contributed by atoms with Crippen molar-refractivity contribution < 1.29 is 23.8 Å². The van der Waals surface area contributed by atoms with Crippen LogP contribution in [0.3, 0.4) is 0 Å². The quantitative estimate of drug-likeness (QED) is 0.473. The molecule has 9 heteroatoms. The minimum atomic E-state index is -0.822. The zero-order valence-electron chi connectivity index (χ0n) is 17.2. The number of hydrogen-bond acceptors (Lipinski definition) is 7. The van der Waals surface area contributed by atoms with Crippen LogP contribution in [-0.4, -0.2) is 35.1 Å². The normalized spacial score (nSPS) is 11.9. The Labute approximate surface area is 187 Å². The highest BCUT2D eigenvalue weighted by Gasteiger charge is 2.20. The van der Waals surface area contributed by atoms with E-state index < -0.39 is 18.5 Å². The van der Waals surface area contributed by atoms with Gasteiger partial charge >= 0.3 is 5.97 Å². The van der Waals surface area contributed by atoms with Gasteiger partial charge in [-0.2, -0.15) is 9.78 Å². The number of carbonyl (C=O) groups is 2. The van der Waals surface area contributed by atoms with Crippen molar-refractivity contribution in [2.75, 3.05) is 18.7 Å². The third-order valence-electron chi connectivity index (χ3n) is 4.99. The van der Waals surface area contributed by atoms with Gasteiger partial charge in [0.15, 0.2) is 23.8 Å². The van der Waals surface area contributed by atoms with Crippen molar-refractivity contribution in [3.05, 3.63) is 88.8 Å². The van der Waals surface area contributed by atoms with Gasteiger partial charge in [0, 0.05) is 17.1 Å². The molecule has 2 heterocycles. The second-order valence-electron chi connectivity index (χ2n) is 7.14. The zero-order chi connectivity index (χ0) is 22.8.